The number of carbonyl (C=O) groups excluding carboxylic acids is 3. The van der Waals surface area contributed by atoms with Crippen LogP contribution in [0, 0.1) is 0 Å². The molecule has 9 nitrogen and oxygen atoms in total. The maximum Gasteiger partial charge on any atom is 0.335 e. The highest BCUT2D eigenvalue weighted by Gasteiger charge is 2.37. The van der Waals surface area contributed by atoms with Crippen molar-refractivity contribution in [2.45, 2.75) is 27.1 Å². The summed E-state index contributed by atoms with van der Waals surface area (Å²) in [5.74, 6) is 0.562. The molecule has 5 rings (SSSR count). The van der Waals surface area contributed by atoms with Gasteiger partial charge < -0.3 is 18.9 Å². The summed E-state index contributed by atoms with van der Waals surface area (Å²) in [5.41, 5.74) is 2.43. The molecule has 0 saturated carbocycles. The molecular formula is C35H31ClN2O7. The molecule has 4 aromatic rings. The Morgan fingerprint density at radius 2 is 1.36 bits per heavy atom. The molecule has 0 bridgehead atoms. The molecule has 0 aromatic heterocycles. The number of nitrogens with zero attached hydrogens (tertiary/aromatic N) is 1. The van der Waals surface area contributed by atoms with Crippen LogP contribution in [0.5, 0.6) is 23.0 Å². The van der Waals surface area contributed by atoms with Crippen molar-refractivity contribution in [1.29, 1.82) is 0 Å². The van der Waals surface area contributed by atoms with E-state index in [0.717, 1.165) is 16.0 Å². The molecule has 0 spiro atoms. The van der Waals surface area contributed by atoms with E-state index in [0.29, 0.717) is 53.4 Å². The molecule has 1 aliphatic rings. The fraction of sp³-hybridized carbons (Fsp3) is 0.171. The van der Waals surface area contributed by atoms with E-state index in [-0.39, 0.29) is 17.9 Å². The zero-order valence-electron chi connectivity index (χ0n) is 24.7. The third-order valence-electron chi connectivity index (χ3n) is 6.69. The summed E-state index contributed by atoms with van der Waals surface area (Å²) < 4.78 is 23.8. The van der Waals surface area contributed by atoms with Gasteiger partial charge in [0.1, 0.15) is 18.8 Å². The lowest BCUT2D eigenvalue weighted by Gasteiger charge is -2.26. The number of nitrogens with one attached hydrogen (secondary N) is 1. The van der Waals surface area contributed by atoms with Gasteiger partial charge in [-0.05, 0) is 79.1 Å². The molecule has 1 fully saturated rings. The highest BCUT2D eigenvalue weighted by atomic mass is 35.5. The summed E-state index contributed by atoms with van der Waals surface area (Å²) in [5, 5.41) is 2.55. The largest absolute Gasteiger partial charge is 0.490 e. The van der Waals surface area contributed by atoms with E-state index < -0.39 is 17.8 Å². The Bertz CT molecular complexity index is 1740. The van der Waals surface area contributed by atoms with Crippen molar-refractivity contribution in [3.8, 4) is 23.0 Å². The average Bonchev–Trinajstić information content (AvgIpc) is 3.03. The van der Waals surface area contributed by atoms with E-state index in [4.69, 9.17) is 30.5 Å². The minimum absolute atomic E-state index is 0.219. The molecule has 0 unspecified atom stereocenters. The van der Waals surface area contributed by atoms with E-state index in [1.165, 1.54) is 12.1 Å². The minimum atomic E-state index is -0.855. The fourth-order valence-corrected chi connectivity index (χ4v) is 4.79. The van der Waals surface area contributed by atoms with Crippen molar-refractivity contribution in [1.82, 2.24) is 5.32 Å². The molecular weight excluding hydrogens is 596 g/mol. The second-order valence-corrected chi connectivity index (χ2v) is 10.3. The van der Waals surface area contributed by atoms with Crippen molar-refractivity contribution in [3.05, 3.63) is 118 Å². The smallest absolute Gasteiger partial charge is 0.335 e. The predicted molar refractivity (Wildman–Crippen MR) is 171 cm³/mol. The van der Waals surface area contributed by atoms with Crippen LogP contribution in [0.3, 0.4) is 0 Å². The number of ether oxygens (including phenoxy) is 4. The van der Waals surface area contributed by atoms with Gasteiger partial charge in [0.15, 0.2) is 23.0 Å². The van der Waals surface area contributed by atoms with E-state index >= 15 is 0 Å². The van der Waals surface area contributed by atoms with Gasteiger partial charge in [-0.15, -0.1) is 0 Å². The molecule has 1 N–H and O–H groups in total. The van der Waals surface area contributed by atoms with Crippen LogP contribution in [-0.2, 0) is 22.8 Å². The van der Waals surface area contributed by atoms with Crippen LogP contribution in [0.25, 0.3) is 6.08 Å². The van der Waals surface area contributed by atoms with Crippen molar-refractivity contribution in [2.75, 3.05) is 18.1 Å². The van der Waals surface area contributed by atoms with Crippen LogP contribution >= 0.6 is 11.6 Å². The fourth-order valence-electron chi connectivity index (χ4n) is 4.60. The first-order valence-corrected chi connectivity index (χ1v) is 14.7. The molecule has 0 atom stereocenters. The number of barbiturate groups is 1. The quantitative estimate of drug-likeness (QED) is 0.134. The summed E-state index contributed by atoms with van der Waals surface area (Å²) in [7, 11) is 0. The van der Waals surface area contributed by atoms with Gasteiger partial charge in [0.25, 0.3) is 11.8 Å². The van der Waals surface area contributed by atoms with Gasteiger partial charge in [-0.1, -0.05) is 60.1 Å². The predicted octanol–water partition coefficient (Wildman–Crippen LogP) is 6.96. The monoisotopic (exact) mass is 626 g/mol. The lowest BCUT2D eigenvalue weighted by Crippen LogP contribution is -2.54. The Balaban J connectivity index is 1.33. The molecule has 4 amide bonds. The van der Waals surface area contributed by atoms with Crippen LogP contribution < -0.4 is 29.2 Å². The molecule has 1 saturated heterocycles. The number of halogens is 1. The third-order valence-corrected chi connectivity index (χ3v) is 6.92. The highest BCUT2D eigenvalue weighted by molar-refractivity contribution is 6.39. The molecule has 45 heavy (non-hydrogen) atoms. The summed E-state index contributed by atoms with van der Waals surface area (Å²) in [6.07, 6.45) is 1.40. The van der Waals surface area contributed by atoms with Crippen molar-refractivity contribution in [3.63, 3.8) is 0 Å². The number of urea groups is 1. The number of rotatable bonds is 12. The lowest BCUT2D eigenvalue weighted by atomic mass is 10.1. The normalized spacial score (nSPS) is 13.9. The molecule has 1 aliphatic heterocycles. The summed E-state index contributed by atoms with van der Waals surface area (Å²) in [4.78, 5) is 39.3. The number of hydrogen-bond donors (Lipinski definition) is 1. The van der Waals surface area contributed by atoms with Crippen LogP contribution in [-0.4, -0.2) is 31.1 Å². The number of carbonyl (C=O) groups is 3. The number of benzene rings is 4. The third kappa shape index (κ3) is 7.63. The number of anilines is 1. The summed E-state index contributed by atoms with van der Waals surface area (Å²) >= 11 is 6.05. The molecule has 4 aromatic carbocycles. The van der Waals surface area contributed by atoms with Gasteiger partial charge >= 0.3 is 6.03 Å². The molecule has 230 valence electrons. The summed E-state index contributed by atoms with van der Waals surface area (Å²) in [6, 6.07) is 26.0. The maximum absolute atomic E-state index is 13.3. The second-order valence-electron chi connectivity index (χ2n) is 9.85. The Kier molecular flexibility index (Phi) is 10.0. The van der Waals surface area contributed by atoms with Crippen LogP contribution in [0.15, 0.2) is 96.6 Å². The van der Waals surface area contributed by atoms with Gasteiger partial charge in [-0.25, -0.2) is 9.69 Å². The topological polar surface area (TPSA) is 103 Å². The molecule has 0 aliphatic carbocycles. The first-order valence-electron chi connectivity index (χ1n) is 14.4. The average molecular weight is 627 g/mol. The van der Waals surface area contributed by atoms with Crippen molar-refractivity contribution < 1.29 is 33.3 Å². The zero-order chi connectivity index (χ0) is 31.8. The number of amides is 4. The van der Waals surface area contributed by atoms with Gasteiger partial charge in [0.2, 0.25) is 0 Å². The SMILES string of the molecule is CCOc1cc(/C=C2\C(=O)NC(=O)N(c3cccc(Cl)c3)C2=O)ccc1OCc1ccc(OCc2ccccc2)c(OCC)c1. The van der Waals surface area contributed by atoms with E-state index in [1.54, 1.807) is 36.4 Å². The van der Waals surface area contributed by atoms with Gasteiger partial charge in [-0.3, -0.25) is 14.9 Å². The molecule has 10 heteroatoms. The first kappa shape index (κ1) is 31.2. The lowest BCUT2D eigenvalue weighted by molar-refractivity contribution is -0.122. The van der Waals surface area contributed by atoms with Crippen molar-refractivity contribution >= 4 is 41.2 Å². The zero-order valence-corrected chi connectivity index (χ0v) is 25.5. The number of imide groups is 2. The minimum Gasteiger partial charge on any atom is -0.490 e. The Morgan fingerprint density at radius 3 is 2.04 bits per heavy atom. The van der Waals surface area contributed by atoms with Crippen LogP contribution in [0.1, 0.15) is 30.5 Å². The molecule has 0 radical (unpaired) electrons. The van der Waals surface area contributed by atoms with E-state index in [2.05, 4.69) is 5.32 Å². The highest BCUT2D eigenvalue weighted by Crippen LogP contribution is 2.33. The molecule has 1 heterocycles. The van der Waals surface area contributed by atoms with E-state index in [1.807, 2.05) is 62.4 Å². The number of hydrogen-bond acceptors (Lipinski definition) is 7. The van der Waals surface area contributed by atoms with Crippen LogP contribution in [0.4, 0.5) is 10.5 Å². The van der Waals surface area contributed by atoms with Crippen LogP contribution in [0.2, 0.25) is 5.02 Å². The van der Waals surface area contributed by atoms with Gasteiger partial charge in [0, 0.05) is 5.02 Å². The van der Waals surface area contributed by atoms with Gasteiger partial charge in [-0.2, -0.15) is 0 Å². The second kappa shape index (κ2) is 14.5. The Morgan fingerprint density at radius 1 is 0.689 bits per heavy atom. The first-order chi connectivity index (χ1) is 21.9. The van der Waals surface area contributed by atoms with Gasteiger partial charge in [0.05, 0.1) is 18.9 Å². The standard InChI is InChI=1S/C35H31ClN2O7/c1-3-42-31-18-24(17-28-33(39)37-35(41)38(34(28)40)27-12-8-11-26(36)20-27)13-15-29(31)45-22-25-14-16-30(32(19-25)43-4-2)44-21-23-9-6-5-7-10-23/h5-20H,3-4,21-22H2,1-2H3,(H,37,39,41)/b28-17+. The Hall–Kier alpha value is -5.28. The Labute approximate surface area is 265 Å². The summed E-state index contributed by atoms with van der Waals surface area (Å²) in [6.45, 7) is 5.21. The maximum atomic E-state index is 13.3. The van der Waals surface area contributed by atoms with E-state index in [9.17, 15) is 14.4 Å². The van der Waals surface area contributed by atoms with Crippen molar-refractivity contribution in [2.24, 2.45) is 0 Å².